The lowest BCUT2D eigenvalue weighted by molar-refractivity contribution is -0.131. The third kappa shape index (κ3) is 5.59. The van der Waals surface area contributed by atoms with E-state index in [0.29, 0.717) is 13.1 Å². The molecule has 1 aliphatic rings. The molecule has 1 aliphatic heterocycles. The summed E-state index contributed by atoms with van der Waals surface area (Å²) >= 11 is 0. The Balaban J connectivity index is 1.41. The molecule has 0 radical (unpaired) electrons. The van der Waals surface area contributed by atoms with Gasteiger partial charge in [0.05, 0.1) is 19.8 Å². The Kier molecular flexibility index (Phi) is 7.04. The fourth-order valence-corrected chi connectivity index (χ4v) is 3.85. The molecule has 0 aliphatic carbocycles. The maximum absolute atomic E-state index is 12.8. The van der Waals surface area contributed by atoms with Crippen molar-refractivity contribution in [2.45, 2.75) is 19.6 Å². The van der Waals surface area contributed by atoms with Gasteiger partial charge in [-0.05, 0) is 23.3 Å². The molecule has 33 heavy (non-hydrogen) atoms. The predicted octanol–water partition coefficient (Wildman–Crippen LogP) is 1.55. The van der Waals surface area contributed by atoms with E-state index in [-0.39, 0.29) is 12.5 Å². The van der Waals surface area contributed by atoms with Gasteiger partial charge in [-0.3, -0.25) is 18.7 Å². The van der Waals surface area contributed by atoms with Crippen molar-refractivity contribution in [3.63, 3.8) is 0 Å². The maximum atomic E-state index is 12.8. The first-order chi connectivity index (χ1) is 16.0. The van der Waals surface area contributed by atoms with Gasteiger partial charge in [0.25, 0.3) is 5.56 Å². The van der Waals surface area contributed by atoms with Gasteiger partial charge in [0.1, 0.15) is 6.54 Å². The highest BCUT2D eigenvalue weighted by Crippen LogP contribution is 2.17. The molecule has 1 aromatic heterocycles. The maximum Gasteiger partial charge on any atom is 0.331 e. The number of anilines is 1. The van der Waals surface area contributed by atoms with Gasteiger partial charge in [0.15, 0.2) is 0 Å². The molecule has 1 saturated heterocycles. The van der Waals surface area contributed by atoms with Crippen LogP contribution in [0.25, 0.3) is 0 Å². The van der Waals surface area contributed by atoms with Gasteiger partial charge in [0, 0.05) is 44.6 Å². The van der Waals surface area contributed by atoms with Crippen molar-refractivity contribution in [2.75, 3.05) is 38.3 Å². The highest BCUT2D eigenvalue weighted by Gasteiger charge is 2.15. The highest BCUT2D eigenvalue weighted by molar-refractivity contribution is 5.75. The second kappa shape index (κ2) is 10.3. The van der Waals surface area contributed by atoms with Gasteiger partial charge in [0.2, 0.25) is 5.91 Å². The number of likely N-dealkylation sites (N-methyl/N-ethyl adjacent to an activating group) is 1. The zero-order valence-electron chi connectivity index (χ0n) is 18.7. The Morgan fingerprint density at radius 3 is 2.33 bits per heavy atom. The number of nitrogens with zero attached hydrogens (tertiary/aromatic N) is 4. The van der Waals surface area contributed by atoms with Crippen molar-refractivity contribution in [1.82, 2.24) is 14.0 Å². The standard InChI is InChI=1S/C25H28N4O4/c1-26(17-21-7-9-22(10-8-21)27-13-15-33-16-14-27)24(31)19-29-23(30)11-12-28(25(29)32)18-20-5-3-2-4-6-20/h2-12H,13-19H2,1H3. The van der Waals surface area contributed by atoms with Gasteiger partial charge < -0.3 is 14.5 Å². The molecule has 4 rings (SSSR count). The Morgan fingerprint density at radius 2 is 1.64 bits per heavy atom. The number of aromatic nitrogens is 2. The average molecular weight is 449 g/mol. The number of ether oxygens (including phenoxy) is 1. The van der Waals surface area contributed by atoms with Gasteiger partial charge >= 0.3 is 5.69 Å². The highest BCUT2D eigenvalue weighted by atomic mass is 16.5. The van der Waals surface area contributed by atoms with Crippen LogP contribution in [0.4, 0.5) is 5.69 Å². The number of carbonyl (C=O) groups excluding carboxylic acids is 1. The first-order valence-electron chi connectivity index (χ1n) is 11.0. The topological polar surface area (TPSA) is 76.8 Å². The molecule has 172 valence electrons. The Labute approximate surface area is 192 Å². The SMILES string of the molecule is CN(Cc1ccc(N2CCOCC2)cc1)C(=O)Cn1c(=O)ccn(Cc2ccccc2)c1=O. The van der Waals surface area contributed by atoms with Gasteiger partial charge in [-0.1, -0.05) is 42.5 Å². The van der Waals surface area contributed by atoms with Crippen LogP contribution in [0.3, 0.4) is 0 Å². The molecule has 1 amide bonds. The van der Waals surface area contributed by atoms with Crippen LogP contribution in [0.2, 0.25) is 0 Å². The lowest BCUT2D eigenvalue weighted by Crippen LogP contribution is -2.43. The first kappa shape index (κ1) is 22.5. The number of benzene rings is 2. The van der Waals surface area contributed by atoms with Gasteiger partial charge in [-0.15, -0.1) is 0 Å². The van der Waals surface area contributed by atoms with Crippen LogP contribution in [-0.2, 0) is 29.2 Å². The molecule has 0 spiro atoms. The summed E-state index contributed by atoms with van der Waals surface area (Å²) in [6, 6.07) is 18.9. The molecule has 2 heterocycles. The minimum atomic E-state index is -0.497. The number of rotatable bonds is 7. The van der Waals surface area contributed by atoms with Crippen molar-refractivity contribution in [3.05, 3.63) is 98.8 Å². The summed E-state index contributed by atoms with van der Waals surface area (Å²) in [5.74, 6) is -0.302. The van der Waals surface area contributed by atoms with Crippen LogP contribution >= 0.6 is 0 Å². The molecule has 0 bridgehead atoms. The number of morpholine rings is 1. The van der Waals surface area contributed by atoms with Gasteiger partial charge in [-0.2, -0.15) is 0 Å². The van der Waals surface area contributed by atoms with E-state index < -0.39 is 11.2 Å². The molecule has 3 aromatic rings. The van der Waals surface area contributed by atoms with Crippen molar-refractivity contribution in [1.29, 1.82) is 0 Å². The van der Waals surface area contributed by atoms with E-state index in [1.807, 2.05) is 54.6 Å². The summed E-state index contributed by atoms with van der Waals surface area (Å²) in [6.07, 6.45) is 1.47. The van der Waals surface area contributed by atoms with Crippen LogP contribution < -0.4 is 16.1 Å². The fourth-order valence-electron chi connectivity index (χ4n) is 3.85. The molecule has 2 aromatic carbocycles. The summed E-state index contributed by atoms with van der Waals surface area (Å²) in [6.45, 7) is 3.61. The largest absolute Gasteiger partial charge is 0.378 e. The predicted molar refractivity (Wildman–Crippen MR) is 126 cm³/mol. The summed E-state index contributed by atoms with van der Waals surface area (Å²) in [4.78, 5) is 41.8. The molecule has 0 N–H and O–H groups in total. The quantitative estimate of drug-likeness (QED) is 0.548. The monoisotopic (exact) mass is 448 g/mol. The van der Waals surface area contributed by atoms with Gasteiger partial charge in [-0.25, -0.2) is 4.79 Å². The molecule has 1 fully saturated rings. The van der Waals surface area contributed by atoms with Crippen molar-refractivity contribution in [3.8, 4) is 0 Å². The molecule has 8 nitrogen and oxygen atoms in total. The third-order valence-corrected chi connectivity index (χ3v) is 5.79. The molecule has 0 saturated carbocycles. The number of hydrogen-bond acceptors (Lipinski definition) is 5. The second-order valence-electron chi connectivity index (χ2n) is 8.15. The zero-order chi connectivity index (χ0) is 23.2. The first-order valence-corrected chi connectivity index (χ1v) is 11.0. The lowest BCUT2D eigenvalue weighted by atomic mass is 10.1. The van der Waals surface area contributed by atoms with Crippen LogP contribution in [0, 0.1) is 0 Å². The van der Waals surface area contributed by atoms with Crippen LogP contribution in [-0.4, -0.2) is 53.3 Å². The van der Waals surface area contributed by atoms with Crippen LogP contribution in [0.1, 0.15) is 11.1 Å². The van der Waals surface area contributed by atoms with Crippen molar-refractivity contribution in [2.24, 2.45) is 0 Å². The summed E-state index contributed by atoms with van der Waals surface area (Å²) < 4.78 is 7.82. The normalized spacial score (nSPS) is 13.7. The van der Waals surface area contributed by atoms with Crippen LogP contribution in [0.15, 0.2) is 76.4 Å². The third-order valence-electron chi connectivity index (χ3n) is 5.79. The second-order valence-corrected chi connectivity index (χ2v) is 8.15. The zero-order valence-corrected chi connectivity index (χ0v) is 18.7. The smallest absolute Gasteiger partial charge is 0.331 e. The van der Waals surface area contributed by atoms with E-state index in [2.05, 4.69) is 4.90 Å². The minimum Gasteiger partial charge on any atom is -0.378 e. The molecule has 0 unspecified atom stereocenters. The van der Waals surface area contributed by atoms with E-state index in [9.17, 15) is 14.4 Å². The molecule has 8 heteroatoms. The minimum absolute atomic E-state index is 0.296. The molecular formula is C25H28N4O4. The van der Waals surface area contributed by atoms with E-state index in [1.54, 1.807) is 7.05 Å². The fraction of sp³-hybridized carbons (Fsp3) is 0.320. The van der Waals surface area contributed by atoms with E-state index in [1.165, 1.54) is 21.7 Å². The summed E-state index contributed by atoms with van der Waals surface area (Å²) in [5.41, 5.74) is 2.06. The van der Waals surface area contributed by atoms with Crippen LogP contribution in [0.5, 0.6) is 0 Å². The lowest BCUT2D eigenvalue weighted by Gasteiger charge is -2.29. The number of amides is 1. The Morgan fingerprint density at radius 1 is 0.939 bits per heavy atom. The van der Waals surface area contributed by atoms with E-state index in [0.717, 1.165) is 47.7 Å². The van der Waals surface area contributed by atoms with E-state index in [4.69, 9.17) is 4.74 Å². The molecular weight excluding hydrogens is 420 g/mol. The van der Waals surface area contributed by atoms with E-state index >= 15 is 0 Å². The summed E-state index contributed by atoms with van der Waals surface area (Å²) in [5, 5.41) is 0. The Bertz CT molecular complexity index is 1200. The molecule has 0 atom stereocenters. The van der Waals surface area contributed by atoms with Crippen molar-refractivity contribution < 1.29 is 9.53 Å². The number of carbonyl (C=O) groups is 1. The Hall–Kier alpha value is -3.65. The van der Waals surface area contributed by atoms with Crippen molar-refractivity contribution >= 4 is 11.6 Å². The summed E-state index contributed by atoms with van der Waals surface area (Å²) in [7, 11) is 1.68. The average Bonchev–Trinajstić information content (AvgIpc) is 2.85. The number of hydrogen-bond donors (Lipinski definition) is 0.